The van der Waals surface area contributed by atoms with E-state index in [-0.39, 0.29) is 11.9 Å². The zero-order chi connectivity index (χ0) is 22.0. The molecule has 0 aromatic heterocycles. The molecule has 0 spiro atoms. The first-order chi connectivity index (χ1) is 15.0. The van der Waals surface area contributed by atoms with Crippen molar-refractivity contribution in [3.63, 3.8) is 0 Å². The van der Waals surface area contributed by atoms with Gasteiger partial charge in [0, 0.05) is 23.0 Å². The first-order valence-corrected chi connectivity index (χ1v) is 9.81. The Bertz CT molecular complexity index is 1200. The van der Waals surface area contributed by atoms with Crippen LogP contribution < -0.4 is 25.4 Å². The number of anilines is 1. The van der Waals surface area contributed by atoms with Crippen LogP contribution in [0.5, 0.6) is 11.5 Å². The lowest BCUT2D eigenvalue weighted by atomic mass is 9.90. The van der Waals surface area contributed by atoms with Crippen LogP contribution in [0.25, 0.3) is 10.8 Å². The van der Waals surface area contributed by atoms with Crippen LogP contribution in [0.15, 0.2) is 71.9 Å². The Kier molecular flexibility index (Phi) is 5.49. The maximum absolute atomic E-state index is 13.4. The topological polar surface area (TPSA) is 88.7 Å². The Morgan fingerprint density at radius 3 is 2.58 bits per heavy atom. The molecule has 0 bridgehead atoms. The number of fused-ring (bicyclic) bond motifs is 1. The quantitative estimate of drug-likeness (QED) is 0.583. The second kappa shape index (κ2) is 8.39. The van der Waals surface area contributed by atoms with Crippen molar-refractivity contribution in [3.05, 3.63) is 77.5 Å². The van der Waals surface area contributed by atoms with Gasteiger partial charge in [-0.2, -0.15) is 0 Å². The fourth-order valence-electron chi connectivity index (χ4n) is 3.86. The van der Waals surface area contributed by atoms with Crippen molar-refractivity contribution in [2.24, 2.45) is 0 Å². The number of allylic oxidation sites excluding steroid dienone is 1. The van der Waals surface area contributed by atoms with Crippen molar-refractivity contribution >= 4 is 28.4 Å². The Labute approximate surface area is 180 Å². The largest absolute Gasteiger partial charge is 0.497 e. The molecule has 3 amide bonds. The van der Waals surface area contributed by atoms with E-state index < -0.39 is 6.04 Å². The third-order valence-corrected chi connectivity index (χ3v) is 5.28. The van der Waals surface area contributed by atoms with Gasteiger partial charge < -0.3 is 25.4 Å². The maximum Gasteiger partial charge on any atom is 0.319 e. The van der Waals surface area contributed by atoms with Crippen LogP contribution in [0, 0.1) is 0 Å². The third-order valence-electron chi connectivity index (χ3n) is 5.28. The van der Waals surface area contributed by atoms with Crippen LogP contribution in [0.3, 0.4) is 0 Å². The van der Waals surface area contributed by atoms with Gasteiger partial charge in [0.1, 0.15) is 11.5 Å². The number of carbonyl (C=O) groups is 2. The molecule has 31 heavy (non-hydrogen) atoms. The number of carbonyl (C=O) groups excluding carboxylic acids is 2. The highest BCUT2D eigenvalue weighted by Crippen LogP contribution is 2.38. The standard InChI is InChI=1S/C24H23N3O4/c1-14-20(23(28)26-16-8-6-9-17(13-16)30-2)22(27-24(29)25-14)21-18-10-5-4-7-15(18)11-12-19(21)31-3/h4-13,22H,1-3H3,(H,26,28)(H2,25,27,29). The first kappa shape index (κ1) is 20.3. The van der Waals surface area contributed by atoms with Gasteiger partial charge >= 0.3 is 6.03 Å². The third kappa shape index (κ3) is 3.90. The van der Waals surface area contributed by atoms with Crippen LogP contribution in [0.4, 0.5) is 10.5 Å². The summed E-state index contributed by atoms with van der Waals surface area (Å²) in [5.74, 6) is 0.884. The van der Waals surface area contributed by atoms with Crippen molar-refractivity contribution in [1.82, 2.24) is 10.6 Å². The molecule has 3 aromatic rings. The van der Waals surface area contributed by atoms with E-state index in [0.29, 0.717) is 28.5 Å². The van der Waals surface area contributed by atoms with E-state index in [1.807, 2.05) is 36.4 Å². The number of methoxy groups -OCH3 is 2. The summed E-state index contributed by atoms with van der Waals surface area (Å²) in [7, 11) is 3.14. The summed E-state index contributed by atoms with van der Waals surface area (Å²) in [6.07, 6.45) is 0. The Balaban J connectivity index is 1.81. The van der Waals surface area contributed by atoms with E-state index in [1.165, 1.54) is 0 Å². The minimum absolute atomic E-state index is 0.335. The summed E-state index contributed by atoms with van der Waals surface area (Å²) in [5.41, 5.74) is 2.19. The van der Waals surface area contributed by atoms with Crippen LogP contribution in [0.2, 0.25) is 0 Å². The zero-order valence-corrected chi connectivity index (χ0v) is 17.5. The van der Waals surface area contributed by atoms with Crippen molar-refractivity contribution in [1.29, 1.82) is 0 Å². The highest BCUT2D eigenvalue weighted by molar-refractivity contribution is 6.07. The Hall–Kier alpha value is -4.00. The molecule has 1 atom stereocenters. The fourth-order valence-corrected chi connectivity index (χ4v) is 3.86. The van der Waals surface area contributed by atoms with E-state index >= 15 is 0 Å². The molecule has 0 aliphatic carbocycles. The van der Waals surface area contributed by atoms with Crippen LogP contribution in [-0.2, 0) is 4.79 Å². The van der Waals surface area contributed by atoms with E-state index in [9.17, 15) is 9.59 Å². The number of nitrogens with one attached hydrogen (secondary N) is 3. The highest BCUT2D eigenvalue weighted by Gasteiger charge is 2.34. The van der Waals surface area contributed by atoms with E-state index in [1.54, 1.807) is 45.4 Å². The molecule has 1 unspecified atom stereocenters. The number of hydrogen-bond donors (Lipinski definition) is 3. The second-order valence-electron chi connectivity index (χ2n) is 7.16. The predicted octanol–water partition coefficient (Wildman–Crippen LogP) is 4.12. The average molecular weight is 417 g/mol. The number of amides is 3. The molecule has 1 aliphatic heterocycles. The molecular formula is C24H23N3O4. The molecule has 158 valence electrons. The normalized spacial score (nSPS) is 15.8. The van der Waals surface area contributed by atoms with Gasteiger partial charge in [-0.25, -0.2) is 4.79 Å². The highest BCUT2D eigenvalue weighted by atomic mass is 16.5. The molecule has 0 saturated carbocycles. The molecule has 0 fully saturated rings. The summed E-state index contributed by atoms with van der Waals surface area (Å²) in [6.45, 7) is 1.71. The summed E-state index contributed by atoms with van der Waals surface area (Å²) in [4.78, 5) is 25.7. The SMILES string of the molecule is COc1cccc(NC(=O)C2=C(C)NC(=O)NC2c2c(OC)ccc3ccccc23)c1. The minimum atomic E-state index is -0.694. The zero-order valence-electron chi connectivity index (χ0n) is 17.5. The predicted molar refractivity (Wildman–Crippen MR) is 119 cm³/mol. The lowest BCUT2D eigenvalue weighted by Gasteiger charge is -2.30. The molecule has 7 nitrogen and oxygen atoms in total. The molecule has 0 saturated heterocycles. The maximum atomic E-state index is 13.4. The van der Waals surface area contributed by atoms with Crippen LogP contribution >= 0.6 is 0 Å². The smallest absolute Gasteiger partial charge is 0.319 e. The van der Waals surface area contributed by atoms with Gasteiger partial charge in [-0.15, -0.1) is 0 Å². The average Bonchev–Trinajstić information content (AvgIpc) is 2.77. The van der Waals surface area contributed by atoms with Gasteiger partial charge in [0.15, 0.2) is 0 Å². The molecule has 3 aromatic carbocycles. The summed E-state index contributed by atoms with van der Waals surface area (Å²) in [6, 6.07) is 17.6. The van der Waals surface area contributed by atoms with Crippen LogP contribution in [0.1, 0.15) is 18.5 Å². The molecular weight excluding hydrogens is 394 g/mol. The van der Waals surface area contributed by atoms with Gasteiger partial charge in [0.2, 0.25) is 0 Å². The number of benzene rings is 3. The first-order valence-electron chi connectivity index (χ1n) is 9.81. The van der Waals surface area contributed by atoms with E-state index in [2.05, 4.69) is 16.0 Å². The number of ether oxygens (including phenoxy) is 2. The summed E-state index contributed by atoms with van der Waals surface area (Å²) >= 11 is 0. The van der Waals surface area contributed by atoms with Gasteiger partial charge in [-0.05, 0) is 35.9 Å². The number of urea groups is 1. The van der Waals surface area contributed by atoms with Crippen molar-refractivity contribution in [2.45, 2.75) is 13.0 Å². The number of hydrogen-bond acceptors (Lipinski definition) is 4. The summed E-state index contributed by atoms with van der Waals surface area (Å²) in [5, 5.41) is 10.4. The van der Waals surface area contributed by atoms with E-state index in [4.69, 9.17) is 9.47 Å². The van der Waals surface area contributed by atoms with Crippen molar-refractivity contribution < 1.29 is 19.1 Å². The summed E-state index contributed by atoms with van der Waals surface area (Å²) < 4.78 is 10.8. The fraction of sp³-hybridized carbons (Fsp3) is 0.167. The van der Waals surface area contributed by atoms with Gasteiger partial charge in [-0.1, -0.05) is 36.4 Å². The van der Waals surface area contributed by atoms with Gasteiger partial charge in [-0.3, -0.25) is 4.79 Å². The molecule has 3 N–H and O–H groups in total. The molecule has 7 heteroatoms. The Morgan fingerprint density at radius 1 is 1.00 bits per heavy atom. The molecule has 1 aliphatic rings. The lowest BCUT2D eigenvalue weighted by molar-refractivity contribution is -0.113. The minimum Gasteiger partial charge on any atom is -0.497 e. The molecule has 4 rings (SSSR count). The molecule has 0 radical (unpaired) electrons. The lowest BCUT2D eigenvalue weighted by Crippen LogP contribution is -2.46. The number of rotatable bonds is 5. The van der Waals surface area contributed by atoms with Gasteiger partial charge in [0.25, 0.3) is 5.91 Å². The second-order valence-corrected chi connectivity index (χ2v) is 7.16. The van der Waals surface area contributed by atoms with Crippen molar-refractivity contribution in [2.75, 3.05) is 19.5 Å². The molecule has 1 heterocycles. The van der Waals surface area contributed by atoms with Crippen LogP contribution in [-0.4, -0.2) is 26.2 Å². The van der Waals surface area contributed by atoms with Crippen molar-refractivity contribution in [3.8, 4) is 11.5 Å². The monoisotopic (exact) mass is 417 g/mol. The Morgan fingerprint density at radius 2 is 1.81 bits per heavy atom. The van der Waals surface area contributed by atoms with Gasteiger partial charge in [0.05, 0.1) is 25.8 Å². The van der Waals surface area contributed by atoms with E-state index in [0.717, 1.165) is 16.3 Å².